The highest BCUT2D eigenvalue weighted by Gasteiger charge is 2.51. The summed E-state index contributed by atoms with van der Waals surface area (Å²) in [7, 11) is -2.39. The Kier molecular flexibility index (Phi) is 8.23. The maximum atomic E-state index is 14.6. The van der Waals surface area contributed by atoms with Crippen LogP contribution in [0, 0.1) is 5.41 Å². The molecule has 4 atom stereocenters. The standard InChI is InChI=1S/C34H39ClN2O3S/c1-22-23(2)25(4)34(5,24(22)3)30(35)21-31-36-32(26-13-9-7-10-14-26)33(27-15-11-8-12-16-27)37(31)41(38,39)29-19-17-28(40-6)18-20-29/h7-20,30-33,36H,21H2,1-6H3/t30?,31?,32-,33-/m0/s1. The largest absolute Gasteiger partial charge is 0.497 e. The number of nitrogens with one attached hydrogen (secondary N) is 1. The third-order valence-electron chi connectivity index (χ3n) is 9.51. The predicted molar refractivity (Wildman–Crippen MR) is 166 cm³/mol. The molecule has 1 saturated heterocycles. The molecule has 0 saturated carbocycles. The number of hydrogen-bond acceptors (Lipinski definition) is 4. The molecule has 0 spiro atoms. The van der Waals surface area contributed by atoms with Crippen molar-refractivity contribution in [3.63, 3.8) is 0 Å². The van der Waals surface area contributed by atoms with Crippen LogP contribution in [0.4, 0.5) is 0 Å². The lowest BCUT2D eigenvalue weighted by Crippen LogP contribution is -2.45. The highest BCUT2D eigenvalue weighted by atomic mass is 35.5. The summed E-state index contributed by atoms with van der Waals surface area (Å²) in [6.07, 6.45) is -0.117. The fourth-order valence-electron chi connectivity index (χ4n) is 6.52. The summed E-state index contributed by atoms with van der Waals surface area (Å²) in [5, 5.41) is 3.39. The monoisotopic (exact) mass is 590 g/mol. The number of nitrogens with zero attached hydrogens (tertiary/aromatic N) is 1. The van der Waals surface area contributed by atoms with Crippen molar-refractivity contribution in [2.24, 2.45) is 5.41 Å². The maximum absolute atomic E-state index is 14.6. The van der Waals surface area contributed by atoms with Crippen LogP contribution in [0.15, 0.2) is 112 Å². The summed E-state index contributed by atoms with van der Waals surface area (Å²) in [6.45, 7) is 10.8. The molecule has 0 radical (unpaired) electrons. The van der Waals surface area contributed by atoms with Crippen molar-refractivity contribution in [2.45, 2.75) is 69.6 Å². The van der Waals surface area contributed by atoms with Crippen LogP contribution in [0.5, 0.6) is 5.75 Å². The molecule has 7 heteroatoms. The lowest BCUT2D eigenvalue weighted by atomic mass is 9.75. The van der Waals surface area contributed by atoms with Gasteiger partial charge in [-0.15, -0.1) is 11.6 Å². The topological polar surface area (TPSA) is 58.6 Å². The first-order chi connectivity index (χ1) is 19.5. The van der Waals surface area contributed by atoms with E-state index in [1.807, 2.05) is 48.5 Å². The maximum Gasteiger partial charge on any atom is 0.245 e. The van der Waals surface area contributed by atoms with Gasteiger partial charge < -0.3 is 4.74 Å². The van der Waals surface area contributed by atoms with Crippen molar-refractivity contribution in [3.05, 3.63) is 118 Å². The molecule has 1 heterocycles. The minimum Gasteiger partial charge on any atom is -0.497 e. The number of rotatable bonds is 8. The van der Waals surface area contributed by atoms with Crippen LogP contribution in [0.25, 0.3) is 0 Å². The second kappa shape index (κ2) is 11.4. The molecule has 2 unspecified atom stereocenters. The SMILES string of the molecule is COc1ccc(S(=O)(=O)N2C(CC(Cl)C3(C)C(C)=C(C)C(C)=C3C)N[C@@H](c3ccccc3)[C@@H]2c2ccccc2)cc1. The number of sulfonamides is 1. The number of methoxy groups -OCH3 is 1. The number of alkyl halides is 1. The van der Waals surface area contributed by atoms with Gasteiger partial charge in [-0.2, -0.15) is 4.31 Å². The number of benzene rings is 3. The van der Waals surface area contributed by atoms with Gasteiger partial charge in [0.1, 0.15) is 5.75 Å². The molecule has 41 heavy (non-hydrogen) atoms. The van der Waals surface area contributed by atoms with Crippen LogP contribution in [0.3, 0.4) is 0 Å². The van der Waals surface area contributed by atoms with Gasteiger partial charge in [-0.25, -0.2) is 8.42 Å². The lowest BCUT2D eigenvalue weighted by Gasteiger charge is -2.37. The smallest absolute Gasteiger partial charge is 0.245 e. The molecule has 0 amide bonds. The molecule has 5 rings (SSSR count). The van der Waals surface area contributed by atoms with Gasteiger partial charge in [-0.05, 0) is 80.7 Å². The summed E-state index contributed by atoms with van der Waals surface area (Å²) >= 11 is 7.37. The Balaban J connectivity index is 1.64. The van der Waals surface area contributed by atoms with Crippen molar-refractivity contribution >= 4 is 21.6 Å². The fourth-order valence-corrected chi connectivity index (χ4v) is 8.77. The van der Waals surface area contributed by atoms with E-state index in [0.717, 1.165) is 11.1 Å². The van der Waals surface area contributed by atoms with Crippen LogP contribution in [-0.4, -0.2) is 31.4 Å². The molecule has 3 aromatic rings. The van der Waals surface area contributed by atoms with Gasteiger partial charge in [0.25, 0.3) is 0 Å². The molecule has 2 aliphatic rings. The number of ether oxygens (including phenoxy) is 1. The normalized spacial score (nSPS) is 23.7. The Hall–Kier alpha value is -2.90. The molecule has 1 aliphatic heterocycles. The minimum atomic E-state index is -3.96. The van der Waals surface area contributed by atoms with Crippen molar-refractivity contribution in [1.29, 1.82) is 0 Å². The Morgan fingerprint density at radius 2 is 1.37 bits per heavy atom. The number of halogens is 1. The Bertz CT molecular complexity index is 1540. The van der Waals surface area contributed by atoms with E-state index in [2.05, 4.69) is 52.1 Å². The van der Waals surface area contributed by atoms with Gasteiger partial charge in [0.05, 0.1) is 30.3 Å². The van der Waals surface area contributed by atoms with Gasteiger partial charge in [0.15, 0.2) is 0 Å². The molecular weight excluding hydrogens is 552 g/mol. The molecule has 3 aromatic carbocycles. The van der Waals surface area contributed by atoms with E-state index >= 15 is 0 Å². The summed E-state index contributed by atoms with van der Waals surface area (Å²) in [5.41, 5.74) is 6.59. The third kappa shape index (κ3) is 5.05. The summed E-state index contributed by atoms with van der Waals surface area (Å²) < 4.78 is 36.2. The van der Waals surface area contributed by atoms with E-state index in [1.165, 1.54) is 22.3 Å². The van der Waals surface area contributed by atoms with E-state index in [0.29, 0.717) is 12.2 Å². The van der Waals surface area contributed by atoms with Gasteiger partial charge >= 0.3 is 0 Å². The molecule has 0 aromatic heterocycles. The second-order valence-corrected chi connectivity index (χ2v) is 13.7. The van der Waals surface area contributed by atoms with Gasteiger partial charge in [-0.3, -0.25) is 5.32 Å². The van der Waals surface area contributed by atoms with E-state index in [4.69, 9.17) is 16.3 Å². The highest BCUT2D eigenvalue weighted by Crippen LogP contribution is 2.53. The average molecular weight is 591 g/mol. The Labute approximate surface area is 249 Å². The van der Waals surface area contributed by atoms with Crippen LogP contribution < -0.4 is 10.1 Å². The van der Waals surface area contributed by atoms with Crippen LogP contribution in [0.2, 0.25) is 0 Å². The molecular formula is C34H39ClN2O3S. The fraction of sp³-hybridized carbons (Fsp3) is 0.353. The van der Waals surface area contributed by atoms with Crippen LogP contribution in [0.1, 0.15) is 64.3 Å². The number of hydrogen-bond donors (Lipinski definition) is 1. The van der Waals surface area contributed by atoms with Crippen molar-refractivity contribution in [3.8, 4) is 5.75 Å². The third-order valence-corrected chi connectivity index (χ3v) is 12.0. The summed E-state index contributed by atoms with van der Waals surface area (Å²) in [4.78, 5) is 0.219. The average Bonchev–Trinajstić information content (AvgIpc) is 3.45. The van der Waals surface area contributed by atoms with Gasteiger partial charge in [-0.1, -0.05) is 78.7 Å². The molecule has 1 fully saturated rings. The van der Waals surface area contributed by atoms with Crippen molar-refractivity contribution < 1.29 is 13.2 Å². The minimum absolute atomic E-state index is 0.219. The molecule has 1 aliphatic carbocycles. The first-order valence-electron chi connectivity index (χ1n) is 14.1. The predicted octanol–water partition coefficient (Wildman–Crippen LogP) is 7.79. The first kappa shape index (κ1) is 29.6. The zero-order valence-electron chi connectivity index (χ0n) is 24.6. The zero-order valence-corrected chi connectivity index (χ0v) is 26.1. The quantitative estimate of drug-likeness (QED) is 0.272. The Morgan fingerprint density at radius 3 is 1.88 bits per heavy atom. The van der Waals surface area contributed by atoms with Crippen molar-refractivity contribution in [1.82, 2.24) is 9.62 Å². The lowest BCUT2D eigenvalue weighted by molar-refractivity contribution is 0.277. The second-order valence-electron chi connectivity index (χ2n) is 11.3. The van der Waals surface area contributed by atoms with Gasteiger partial charge in [0, 0.05) is 10.8 Å². The van der Waals surface area contributed by atoms with Crippen LogP contribution in [-0.2, 0) is 10.0 Å². The van der Waals surface area contributed by atoms with E-state index in [-0.39, 0.29) is 21.7 Å². The van der Waals surface area contributed by atoms with E-state index in [9.17, 15) is 8.42 Å². The molecule has 0 bridgehead atoms. The molecule has 1 N–H and O–H groups in total. The highest BCUT2D eigenvalue weighted by molar-refractivity contribution is 7.89. The Morgan fingerprint density at radius 1 is 0.854 bits per heavy atom. The van der Waals surface area contributed by atoms with E-state index in [1.54, 1.807) is 35.7 Å². The first-order valence-corrected chi connectivity index (χ1v) is 15.9. The van der Waals surface area contributed by atoms with Gasteiger partial charge in [0.2, 0.25) is 10.0 Å². The summed E-state index contributed by atoms with van der Waals surface area (Å²) in [5.74, 6) is 0.604. The number of allylic oxidation sites excluding steroid dienone is 4. The van der Waals surface area contributed by atoms with E-state index < -0.39 is 22.2 Å². The molecule has 216 valence electrons. The molecule has 5 nitrogen and oxygen atoms in total. The van der Waals surface area contributed by atoms with Crippen LogP contribution >= 0.6 is 11.6 Å². The zero-order chi connectivity index (χ0) is 29.5. The van der Waals surface area contributed by atoms with Crippen molar-refractivity contribution in [2.75, 3.05) is 7.11 Å². The summed E-state index contributed by atoms with van der Waals surface area (Å²) in [6, 6.07) is 25.8.